The van der Waals surface area contributed by atoms with Gasteiger partial charge < -0.3 is 10.1 Å². The van der Waals surface area contributed by atoms with Crippen LogP contribution in [-0.2, 0) is 6.42 Å². The molecule has 7 heteroatoms. The zero-order chi connectivity index (χ0) is 19.7. The number of Topliss-reactive ketones (excluding diaryl/α,β-unsaturated/α-hetero) is 1. The summed E-state index contributed by atoms with van der Waals surface area (Å²) >= 11 is 0. The first-order chi connectivity index (χ1) is 13.5. The van der Waals surface area contributed by atoms with Crippen molar-refractivity contribution in [2.75, 3.05) is 11.9 Å². The maximum Gasteiger partial charge on any atom is 0.250 e. The van der Waals surface area contributed by atoms with E-state index in [0.717, 1.165) is 23.6 Å². The molecule has 0 amide bonds. The molecule has 0 radical (unpaired) electrons. The summed E-state index contributed by atoms with van der Waals surface area (Å²) < 4.78 is 7.17. The van der Waals surface area contributed by atoms with Gasteiger partial charge in [0.2, 0.25) is 0 Å². The Labute approximate surface area is 163 Å². The standard InChI is InChI=1S/C21H23N5O2/c1-4-28-15-8-6-14(7-9-15)24-19-18-16(12-21(2,3)13-17(18)27)26(25-19)20-22-10-5-11-23-20/h5-11H,4,12-13H2,1-3H3,(H,24,25). The molecule has 4 rings (SSSR count). The Balaban J connectivity index is 1.76. The molecule has 1 aliphatic carbocycles. The summed E-state index contributed by atoms with van der Waals surface area (Å²) in [4.78, 5) is 21.6. The third-order valence-corrected chi connectivity index (χ3v) is 4.71. The SMILES string of the molecule is CCOc1ccc(Nc2nn(-c3ncccn3)c3c2C(=O)CC(C)(C)C3)cc1. The lowest BCUT2D eigenvalue weighted by Gasteiger charge is -2.28. The van der Waals surface area contributed by atoms with E-state index in [1.165, 1.54) is 0 Å². The maximum atomic E-state index is 12.9. The second-order valence-electron chi connectivity index (χ2n) is 7.65. The van der Waals surface area contributed by atoms with Crippen molar-refractivity contribution >= 4 is 17.3 Å². The number of hydrogen-bond donors (Lipinski definition) is 1. The Morgan fingerprint density at radius 1 is 1.14 bits per heavy atom. The second-order valence-corrected chi connectivity index (χ2v) is 7.65. The molecule has 2 heterocycles. The number of carbonyl (C=O) groups excluding carboxylic acids is 1. The van der Waals surface area contributed by atoms with Gasteiger partial charge in [0.05, 0.1) is 17.9 Å². The van der Waals surface area contributed by atoms with E-state index in [9.17, 15) is 4.79 Å². The van der Waals surface area contributed by atoms with Crippen LogP contribution < -0.4 is 10.1 Å². The number of anilines is 2. The van der Waals surface area contributed by atoms with Crippen LogP contribution in [0.25, 0.3) is 5.95 Å². The van der Waals surface area contributed by atoms with Gasteiger partial charge in [0.1, 0.15) is 5.75 Å². The fourth-order valence-corrected chi connectivity index (χ4v) is 3.54. The van der Waals surface area contributed by atoms with E-state index in [4.69, 9.17) is 4.74 Å². The highest BCUT2D eigenvalue weighted by Gasteiger charge is 2.37. The smallest absolute Gasteiger partial charge is 0.250 e. The predicted molar refractivity (Wildman–Crippen MR) is 106 cm³/mol. The summed E-state index contributed by atoms with van der Waals surface area (Å²) in [6.07, 6.45) is 4.56. The maximum absolute atomic E-state index is 12.9. The molecule has 0 unspecified atom stereocenters. The number of nitrogens with zero attached hydrogens (tertiary/aromatic N) is 4. The van der Waals surface area contributed by atoms with Gasteiger partial charge in [0.25, 0.3) is 5.95 Å². The second kappa shape index (κ2) is 7.07. The minimum absolute atomic E-state index is 0.0851. The molecule has 1 aromatic carbocycles. The van der Waals surface area contributed by atoms with Crippen LogP contribution in [0.15, 0.2) is 42.7 Å². The molecule has 2 aromatic heterocycles. The number of hydrogen-bond acceptors (Lipinski definition) is 6. The fraction of sp³-hybridized carbons (Fsp3) is 0.333. The van der Waals surface area contributed by atoms with E-state index >= 15 is 0 Å². The van der Waals surface area contributed by atoms with Crippen LogP contribution in [-0.4, -0.2) is 32.1 Å². The molecular formula is C21H23N5O2. The van der Waals surface area contributed by atoms with Crippen molar-refractivity contribution in [1.82, 2.24) is 19.7 Å². The van der Waals surface area contributed by atoms with E-state index in [1.54, 1.807) is 23.1 Å². The molecular weight excluding hydrogens is 354 g/mol. The number of benzene rings is 1. The number of ketones is 1. The Kier molecular flexibility index (Phi) is 4.58. The summed E-state index contributed by atoms with van der Waals surface area (Å²) in [6.45, 7) is 6.75. The van der Waals surface area contributed by atoms with Crippen LogP contribution in [0, 0.1) is 5.41 Å². The summed E-state index contributed by atoms with van der Waals surface area (Å²) in [5.74, 6) is 1.88. The van der Waals surface area contributed by atoms with E-state index in [2.05, 4.69) is 34.2 Å². The molecule has 7 nitrogen and oxygen atoms in total. The van der Waals surface area contributed by atoms with Crippen molar-refractivity contribution in [3.05, 3.63) is 54.0 Å². The molecule has 0 bridgehead atoms. The lowest BCUT2D eigenvalue weighted by Crippen LogP contribution is -2.28. The van der Waals surface area contributed by atoms with E-state index in [-0.39, 0.29) is 11.2 Å². The van der Waals surface area contributed by atoms with Crippen molar-refractivity contribution in [3.8, 4) is 11.7 Å². The first-order valence-corrected chi connectivity index (χ1v) is 9.39. The van der Waals surface area contributed by atoms with Gasteiger partial charge in [-0.25, -0.2) is 14.6 Å². The normalized spacial score (nSPS) is 15.2. The number of carbonyl (C=O) groups is 1. The van der Waals surface area contributed by atoms with E-state index in [0.29, 0.717) is 30.4 Å². The molecule has 0 saturated heterocycles. The molecule has 0 atom stereocenters. The average molecular weight is 377 g/mol. The highest BCUT2D eigenvalue weighted by Crippen LogP contribution is 2.39. The highest BCUT2D eigenvalue weighted by atomic mass is 16.5. The molecule has 28 heavy (non-hydrogen) atoms. The molecule has 0 aliphatic heterocycles. The van der Waals surface area contributed by atoms with Crippen LogP contribution >= 0.6 is 0 Å². The van der Waals surface area contributed by atoms with Crippen molar-refractivity contribution in [3.63, 3.8) is 0 Å². The van der Waals surface area contributed by atoms with Gasteiger partial charge in [-0.15, -0.1) is 5.10 Å². The van der Waals surface area contributed by atoms with Crippen LogP contribution in [0.3, 0.4) is 0 Å². The monoisotopic (exact) mass is 377 g/mol. The summed E-state index contributed by atoms with van der Waals surface area (Å²) in [6, 6.07) is 9.36. The third-order valence-electron chi connectivity index (χ3n) is 4.71. The number of ether oxygens (including phenoxy) is 1. The molecule has 0 saturated carbocycles. The van der Waals surface area contributed by atoms with Gasteiger partial charge in [0.15, 0.2) is 11.6 Å². The van der Waals surface area contributed by atoms with Gasteiger partial charge >= 0.3 is 0 Å². The zero-order valence-electron chi connectivity index (χ0n) is 16.3. The number of nitrogens with one attached hydrogen (secondary N) is 1. The van der Waals surface area contributed by atoms with Crippen LogP contribution in [0.4, 0.5) is 11.5 Å². The molecule has 144 valence electrons. The predicted octanol–water partition coefficient (Wildman–Crippen LogP) is 3.96. The number of fused-ring (bicyclic) bond motifs is 1. The lowest BCUT2D eigenvalue weighted by molar-refractivity contribution is 0.0911. The zero-order valence-corrected chi connectivity index (χ0v) is 16.3. The van der Waals surface area contributed by atoms with Gasteiger partial charge in [-0.05, 0) is 49.1 Å². The van der Waals surface area contributed by atoms with Crippen LogP contribution in [0.2, 0.25) is 0 Å². The van der Waals surface area contributed by atoms with Crippen molar-refractivity contribution in [1.29, 1.82) is 0 Å². The lowest BCUT2D eigenvalue weighted by atomic mass is 9.76. The van der Waals surface area contributed by atoms with Crippen molar-refractivity contribution in [2.24, 2.45) is 5.41 Å². The van der Waals surface area contributed by atoms with Crippen molar-refractivity contribution in [2.45, 2.75) is 33.6 Å². The Morgan fingerprint density at radius 2 is 1.86 bits per heavy atom. The summed E-state index contributed by atoms with van der Waals surface area (Å²) in [7, 11) is 0. The van der Waals surface area contributed by atoms with Gasteiger partial charge in [-0.3, -0.25) is 4.79 Å². The Bertz CT molecular complexity index is 994. The molecule has 1 N–H and O–H groups in total. The molecule has 3 aromatic rings. The van der Waals surface area contributed by atoms with Gasteiger partial charge in [-0.2, -0.15) is 0 Å². The summed E-state index contributed by atoms with van der Waals surface area (Å²) in [5.41, 5.74) is 2.18. The average Bonchev–Trinajstić information content (AvgIpc) is 3.01. The minimum atomic E-state index is -0.132. The van der Waals surface area contributed by atoms with E-state index < -0.39 is 0 Å². The van der Waals surface area contributed by atoms with Gasteiger partial charge in [0, 0.05) is 24.5 Å². The third kappa shape index (κ3) is 3.47. The largest absolute Gasteiger partial charge is 0.494 e. The molecule has 0 spiro atoms. The number of rotatable bonds is 5. The van der Waals surface area contributed by atoms with Crippen molar-refractivity contribution < 1.29 is 9.53 Å². The number of aromatic nitrogens is 4. The molecule has 1 aliphatic rings. The van der Waals surface area contributed by atoms with Crippen LogP contribution in [0.1, 0.15) is 43.2 Å². The van der Waals surface area contributed by atoms with Gasteiger partial charge in [-0.1, -0.05) is 13.8 Å². The minimum Gasteiger partial charge on any atom is -0.494 e. The first-order valence-electron chi connectivity index (χ1n) is 9.39. The van der Waals surface area contributed by atoms with E-state index in [1.807, 2.05) is 31.2 Å². The Morgan fingerprint density at radius 3 is 2.54 bits per heavy atom. The topological polar surface area (TPSA) is 81.9 Å². The summed E-state index contributed by atoms with van der Waals surface area (Å²) in [5, 5.41) is 7.95. The quantitative estimate of drug-likeness (QED) is 0.725. The molecule has 0 fully saturated rings. The first kappa shape index (κ1) is 18.2. The van der Waals surface area contributed by atoms with Crippen LogP contribution in [0.5, 0.6) is 5.75 Å². The highest BCUT2D eigenvalue weighted by molar-refractivity contribution is 6.03. The fourth-order valence-electron chi connectivity index (χ4n) is 3.54. The Hall–Kier alpha value is -3.22.